The van der Waals surface area contributed by atoms with Crippen LogP contribution >= 0.6 is 0 Å². The van der Waals surface area contributed by atoms with E-state index in [4.69, 9.17) is 14.2 Å². The highest BCUT2D eigenvalue weighted by Gasteiger charge is 2.31. The summed E-state index contributed by atoms with van der Waals surface area (Å²) in [7, 11) is 3.28. The monoisotopic (exact) mass is 449 g/mol. The number of nitrogens with one attached hydrogen (secondary N) is 2. The van der Waals surface area contributed by atoms with Gasteiger partial charge in [-0.15, -0.1) is 0 Å². The van der Waals surface area contributed by atoms with Gasteiger partial charge in [-0.2, -0.15) is 0 Å². The molecule has 1 aliphatic heterocycles. The maximum atomic E-state index is 13.5. The van der Waals surface area contributed by atoms with Crippen molar-refractivity contribution >= 4 is 5.91 Å². The van der Waals surface area contributed by atoms with Crippen LogP contribution in [0.3, 0.4) is 0 Å². The lowest BCUT2D eigenvalue weighted by Gasteiger charge is -2.32. The molecule has 1 aromatic carbocycles. The molecule has 1 saturated heterocycles. The van der Waals surface area contributed by atoms with Gasteiger partial charge in [0.1, 0.15) is 0 Å². The number of carbonyl (C=O) groups excluding carboxylic acids is 1. The van der Waals surface area contributed by atoms with Gasteiger partial charge in [-0.1, -0.05) is 13.8 Å². The third-order valence-corrected chi connectivity index (χ3v) is 5.92. The number of nitrogens with zero attached hydrogens (tertiary/aromatic N) is 1. The first-order valence-corrected chi connectivity index (χ1v) is 11.9. The molecule has 0 aromatic heterocycles. The van der Waals surface area contributed by atoms with Crippen LogP contribution in [0.4, 0.5) is 0 Å². The highest BCUT2D eigenvalue weighted by Crippen LogP contribution is 2.29. The van der Waals surface area contributed by atoms with Crippen LogP contribution in [0.25, 0.3) is 0 Å². The molecule has 32 heavy (non-hydrogen) atoms. The average Bonchev–Trinajstić information content (AvgIpc) is 3.21. The molecule has 1 aromatic rings. The number of hydrogen-bond donors (Lipinski definition) is 2. The summed E-state index contributed by atoms with van der Waals surface area (Å²) in [5, 5.41) is 7.10. The summed E-state index contributed by atoms with van der Waals surface area (Å²) in [6, 6.07) is 5.55. The zero-order valence-electron chi connectivity index (χ0n) is 20.8. The number of hydrogen-bond acceptors (Lipinski definition) is 6. The fraction of sp³-hybridized carbons (Fsp3) is 0.720. The molecule has 7 heteroatoms. The van der Waals surface area contributed by atoms with Crippen molar-refractivity contribution in [1.29, 1.82) is 0 Å². The average molecular weight is 450 g/mol. The lowest BCUT2D eigenvalue weighted by Crippen LogP contribution is -2.43. The van der Waals surface area contributed by atoms with Crippen LogP contribution in [-0.4, -0.2) is 77.0 Å². The molecule has 2 unspecified atom stereocenters. The zero-order chi connectivity index (χ0) is 23.5. The van der Waals surface area contributed by atoms with Crippen molar-refractivity contribution in [1.82, 2.24) is 15.5 Å². The van der Waals surface area contributed by atoms with Crippen LogP contribution in [0.1, 0.15) is 44.5 Å². The number of rotatable bonds is 14. The molecule has 0 bridgehead atoms. The first kappa shape index (κ1) is 26.4. The predicted octanol–water partition coefficient (Wildman–Crippen LogP) is 3.04. The van der Waals surface area contributed by atoms with Crippen LogP contribution in [0.2, 0.25) is 0 Å². The molecule has 2 N–H and O–H groups in total. The number of benzene rings is 1. The third-order valence-electron chi connectivity index (χ3n) is 5.92. The summed E-state index contributed by atoms with van der Waals surface area (Å²) in [6.07, 6.45) is 0.775. The summed E-state index contributed by atoms with van der Waals surface area (Å²) in [6.45, 7) is 14.4. The Morgan fingerprint density at radius 3 is 2.53 bits per heavy atom. The molecule has 0 spiro atoms. The van der Waals surface area contributed by atoms with E-state index in [0.717, 1.165) is 39.1 Å². The Hall–Kier alpha value is -1.83. The van der Waals surface area contributed by atoms with Gasteiger partial charge in [0, 0.05) is 44.8 Å². The molecule has 2 rings (SSSR count). The van der Waals surface area contributed by atoms with Gasteiger partial charge in [0.25, 0.3) is 5.91 Å². The second-order valence-electron chi connectivity index (χ2n) is 9.34. The number of methoxy groups -OCH3 is 2. The molecule has 1 aliphatic rings. The van der Waals surface area contributed by atoms with Gasteiger partial charge in [0.05, 0.1) is 13.7 Å². The molecule has 1 fully saturated rings. The van der Waals surface area contributed by atoms with Crippen molar-refractivity contribution in [2.45, 2.75) is 40.2 Å². The van der Waals surface area contributed by atoms with Gasteiger partial charge >= 0.3 is 0 Å². The van der Waals surface area contributed by atoms with Crippen molar-refractivity contribution < 1.29 is 19.0 Å². The number of carbonyl (C=O) groups is 1. The maximum Gasteiger partial charge on any atom is 0.254 e. The van der Waals surface area contributed by atoms with Crippen molar-refractivity contribution in [3.63, 3.8) is 0 Å². The van der Waals surface area contributed by atoms with Gasteiger partial charge in [-0.3, -0.25) is 4.79 Å². The Morgan fingerprint density at radius 2 is 1.88 bits per heavy atom. The van der Waals surface area contributed by atoms with E-state index in [0.29, 0.717) is 48.0 Å². The van der Waals surface area contributed by atoms with Gasteiger partial charge in [0.2, 0.25) is 0 Å². The highest BCUT2D eigenvalue weighted by molar-refractivity contribution is 5.95. The Bertz CT molecular complexity index is 696. The van der Waals surface area contributed by atoms with E-state index in [-0.39, 0.29) is 11.9 Å². The zero-order valence-corrected chi connectivity index (χ0v) is 20.8. The smallest absolute Gasteiger partial charge is 0.254 e. The second kappa shape index (κ2) is 13.7. The van der Waals surface area contributed by atoms with E-state index >= 15 is 0 Å². The number of ether oxygens (including phenoxy) is 3. The first-order chi connectivity index (χ1) is 15.4. The minimum absolute atomic E-state index is 0.0326. The predicted molar refractivity (Wildman–Crippen MR) is 129 cm³/mol. The summed E-state index contributed by atoms with van der Waals surface area (Å²) in [5.41, 5.74) is 0.627. The van der Waals surface area contributed by atoms with Gasteiger partial charge in [0.15, 0.2) is 11.5 Å². The molecule has 1 amide bonds. The van der Waals surface area contributed by atoms with Crippen LogP contribution < -0.4 is 20.1 Å². The summed E-state index contributed by atoms with van der Waals surface area (Å²) in [5.74, 6) is 2.85. The molecular formula is C25H43N3O4. The van der Waals surface area contributed by atoms with Gasteiger partial charge < -0.3 is 29.7 Å². The molecule has 7 nitrogen and oxygen atoms in total. The van der Waals surface area contributed by atoms with E-state index < -0.39 is 0 Å². The molecular weight excluding hydrogens is 406 g/mol. The Labute approximate surface area is 194 Å². The maximum absolute atomic E-state index is 13.5. The molecule has 1 heterocycles. The lowest BCUT2D eigenvalue weighted by molar-refractivity contribution is 0.0661. The molecule has 0 saturated carbocycles. The van der Waals surface area contributed by atoms with Crippen molar-refractivity contribution in [3.05, 3.63) is 23.8 Å². The van der Waals surface area contributed by atoms with Gasteiger partial charge in [-0.25, -0.2) is 0 Å². The van der Waals surface area contributed by atoms with Crippen LogP contribution in [0, 0.1) is 17.8 Å². The number of amides is 1. The van der Waals surface area contributed by atoms with E-state index in [1.807, 2.05) is 17.0 Å². The third kappa shape index (κ3) is 7.94. The Balaban J connectivity index is 2.08. The van der Waals surface area contributed by atoms with E-state index in [2.05, 4.69) is 38.3 Å². The lowest BCUT2D eigenvalue weighted by atomic mass is 9.94. The van der Waals surface area contributed by atoms with E-state index in [9.17, 15) is 4.79 Å². The largest absolute Gasteiger partial charge is 0.493 e. The summed E-state index contributed by atoms with van der Waals surface area (Å²) < 4.78 is 16.4. The van der Waals surface area contributed by atoms with E-state index in [1.54, 1.807) is 20.3 Å². The minimum Gasteiger partial charge on any atom is -0.493 e. The van der Waals surface area contributed by atoms with Crippen molar-refractivity contribution in [2.24, 2.45) is 17.8 Å². The normalized spacial score (nSPS) is 18.4. The summed E-state index contributed by atoms with van der Waals surface area (Å²) >= 11 is 0. The molecule has 0 aliphatic carbocycles. The van der Waals surface area contributed by atoms with E-state index in [1.165, 1.54) is 0 Å². The first-order valence-electron chi connectivity index (χ1n) is 11.9. The highest BCUT2D eigenvalue weighted by atomic mass is 16.5. The second-order valence-corrected chi connectivity index (χ2v) is 9.34. The topological polar surface area (TPSA) is 72.1 Å². The fourth-order valence-corrected chi connectivity index (χ4v) is 4.05. The molecule has 2 atom stereocenters. The summed E-state index contributed by atoms with van der Waals surface area (Å²) in [4.78, 5) is 15.5. The quantitative estimate of drug-likeness (QED) is 0.426. The standard InChI is InChI=1S/C25H43N3O4/c1-18(2)13-26-14-21-15-27-16-22(21)17-28(19(3)4)25(29)20-8-9-23(31-6)24(12-20)32-11-7-10-30-5/h8-9,12,18-19,21-22,26-27H,7,10-11,13-17H2,1-6H3. The van der Waals surface area contributed by atoms with Crippen LogP contribution in [0.15, 0.2) is 18.2 Å². The van der Waals surface area contributed by atoms with Crippen molar-refractivity contribution in [2.75, 3.05) is 60.2 Å². The molecule has 182 valence electrons. The van der Waals surface area contributed by atoms with Crippen LogP contribution in [-0.2, 0) is 4.74 Å². The minimum atomic E-state index is 0.0326. The Kier molecular flexibility index (Phi) is 11.3. The van der Waals surface area contributed by atoms with Gasteiger partial charge in [-0.05, 0) is 69.4 Å². The SMILES string of the molecule is COCCCOc1cc(C(=O)N(CC2CNCC2CNCC(C)C)C(C)C)ccc1OC. The molecule has 0 radical (unpaired) electrons. The van der Waals surface area contributed by atoms with Crippen molar-refractivity contribution in [3.8, 4) is 11.5 Å². The fourth-order valence-electron chi connectivity index (χ4n) is 4.05. The Morgan fingerprint density at radius 1 is 1.12 bits per heavy atom. The van der Waals surface area contributed by atoms with Crippen LogP contribution in [0.5, 0.6) is 11.5 Å².